The molecule has 0 saturated carbocycles. The van der Waals surface area contributed by atoms with E-state index in [0.717, 1.165) is 24.2 Å². The van der Waals surface area contributed by atoms with E-state index >= 15 is 0 Å². The first-order chi connectivity index (χ1) is 7.65. The number of anilines is 1. The van der Waals surface area contributed by atoms with Crippen LogP contribution < -0.4 is 5.32 Å². The molecular weight excluding hydrogens is 269 g/mol. The second-order valence-corrected chi connectivity index (χ2v) is 4.92. The first kappa shape index (κ1) is 13.5. The molecule has 0 aromatic heterocycles. The summed E-state index contributed by atoms with van der Waals surface area (Å²) in [7, 11) is 0. The Balaban J connectivity index is 2.45. The van der Waals surface area contributed by atoms with Crippen LogP contribution in [-0.2, 0) is 0 Å². The van der Waals surface area contributed by atoms with Gasteiger partial charge in [0.15, 0.2) is 0 Å². The van der Waals surface area contributed by atoms with E-state index in [1.54, 1.807) is 6.07 Å². The molecule has 0 saturated heterocycles. The monoisotopic (exact) mass is 287 g/mol. The highest BCUT2D eigenvalue weighted by Gasteiger charge is 2.04. The van der Waals surface area contributed by atoms with Gasteiger partial charge in [-0.15, -0.1) is 0 Å². The Morgan fingerprint density at radius 1 is 1.25 bits per heavy atom. The molecule has 0 fully saturated rings. The normalized spacial score (nSPS) is 10.5. The lowest BCUT2D eigenvalue weighted by Gasteiger charge is -2.10. The van der Waals surface area contributed by atoms with E-state index in [0.29, 0.717) is 4.47 Å². The zero-order chi connectivity index (χ0) is 12.0. The van der Waals surface area contributed by atoms with Gasteiger partial charge in [0, 0.05) is 12.2 Å². The number of aryl methyl sites for hydroxylation is 1. The molecule has 90 valence electrons. The second-order valence-electron chi connectivity index (χ2n) is 4.07. The molecule has 0 amide bonds. The summed E-state index contributed by atoms with van der Waals surface area (Å²) in [5, 5.41) is 3.28. The number of hydrogen-bond donors (Lipinski definition) is 1. The third kappa shape index (κ3) is 4.12. The SMILES string of the molecule is CCCCCCNc1cc(F)c(Br)cc1C. The number of nitrogens with one attached hydrogen (secondary N) is 1. The third-order valence-electron chi connectivity index (χ3n) is 2.61. The standard InChI is InChI=1S/C13H19BrFN/c1-3-4-5-6-7-16-13-9-12(15)11(14)8-10(13)2/h8-9,16H,3-7H2,1-2H3. The molecule has 1 nitrogen and oxygen atoms in total. The van der Waals surface area contributed by atoms with Gasteiger partial charge in [0.25, 0.3) is 0 Å². The van der Waals surface area contributed by atoms with Crippen LogP contribution in [0.4, 0.5) is 10.1 Å². The highest BCUT2D eigenvalue weighted by molar-refractivity contribution is 9.10. The van der Waals surface area contributed by atoms with Crippen LogP contribution in [0.25, 0.3) is 0 Å². The van der Waals surface area contributed by atoms with Crippen molar-refractivity contribution in [3.8, 4) is 0 Å². The Morgan fingerprint density at radius 2 is 2.00 bits per heavy atom. The van der Waals surface area contributed by atoms with E-state index < -0.39 is 0 Å². The average Bonchev–Trinajstić information content (AvgIpc) is 2.25. The molecule has 1 N–H and O–H groups in total. The lowest BCUT2D eigenvalue weighted by atomic mass is 10.1. The maximum atomic E-state index is 13.3. The molecule has 1 rings (SSSR count). The fraction of sp³-hybridized carbons (Fsp3) is 0.538. The minimum Gasteiger partial charge on any atom is -0.385 e. The highest BCUT2D eigenvalue weighted by Crippen LogP contribution is 2.23. The van der Waals surface area contributed by atoms with Crippen molar-refractivity contribution in [2.75, 3.05) is 11.9 Å². The van der Waals surface area contributed by atoms with Crippen LogP contribution in [0, 0.1) is 12.7 Å². The van der Waals surface area contributed by atoms with E-state index in [4.69, 9.17) is 0 Å². The average molecular weight is 288 g/mol. The summed E-state index contributed by atoms with van der Waals surface area (Å²) in [5.74, 6) is -0.207. The van der Waals surface area contributed by atoms with E-state index in [9.17, 15) is 4.39 Å². The molecule has 0 heterocycles. The van der Waals surface area contributed by atoms with Crippen LogP contribution in [0.5, 0.6) is 0 Å². The Hall–Kier alpha value is -0.570. The van der Waals surface area contributed by atoms with Crippen LogP contribution >= 0.6 is 15.9 Å². The Morgan fingerprint density at radius 3 is 2.69 bits per heavy atom. The molecule has 16 heavy (non-hydrogen) atoms. The van der Waals surface area contributed by atoms with Gasteiger partial charge in [0.1, 0.15) is 5.82 Å². The molecule has 0 bridgehead atoms. The number of benzene rings is 1. The van der Waals surface area contributed by atoms with Gasteiger partial charge in [0.2, 0.25) is 0 Å². The molecule has 0 aliphatic heterocycles. The summed E-state index contributed by atoms with van der Waals surface area (Å²) in [6.07, 6.45) is 4.90. The summed E-state index contributed by atoms with van der Waals surface area (Å²) in [6, 6.07) is 3.36. The minimum atomic E-state index is -0.207. The lowest BCUT2D eigenvalue weighted by Crippen LogP contribution is -2.03. The van der Waals surface area contributed by atoms with Gasteiger partial charge in [-0.05, 0) is 47.0 Å². The Labute approximate surface area is 106 Å². The quantitative estimate of drug-likeness (QED) is 0.735. The fourth-order valence-corrected chi connectivity index (χ4v) is 2.07. The van der Waals surface area contributed by atoms with E-state index in [2.05, 4.69) is 28.2 Å². The van der Waals surface area contributed by atoms with Gasteiger partial charge >= 0.3 is 0 Å². The van der Waals surface area contributed by atoms with Crippen molar-refractivity contribution >= 4 is 21.6 Å². The molecule has 0 atom stereocenters. The number of hydrogen-bond acceptors (Lipinski definition) is 1. The molecule has 0 unspecified atom stereocenters. The Bertz CT molecular complexity index is 339. The van der Waals surface area contributed by atoms with Crippen LogP contribution in [0.15, 0.2) is 16.6 Å². The predicted molar refractivity (Wildman–Crippen MR) is 71.5 cm³/mol. The minimum absolute atomic E-state index is 0.207. The second kappa shape index (κ2) is 6.89. The molecule has 0 spiro atoms. The lowest BCUT2D eigenvalue weighted by molar-refractivity contribution is 0.620. The number of unbranched alkanes of at least 4 members (excludes halogenated alkanes) is 3. The molecule has 1 aromatic carbocycles. The van der Waals surface area contributed by atoms with E-state index in [1.807, 2.05) is 13.0 Å². The summed E-state index contributed by atoms with van der Waals surface area (Å²) >= 11 is 3.18. The summed E-state index contributed by atoms with van der Waals surface area (Å²) < 4.78 is 13.8. The molecule has 1 aromatic rings. The van der Waals surface area contributed by atoms with E-state index in [1.165, 1.54) is 19.3 Å². The van der Waals surface area contributed by atoms with Crippen LogP contribution in [0.1, 0.15) is 38.2 Å². The van der Waals surface area contributed by atoms with Crippen molar-refractivity contribution in [1.29, 1.82) is 0 Å². The van der Waals surface area contributed by atoms with Crippen LogP contribution in [0.3, 0.4) is 0 Å². The fourth-order valence-electron chi connectivity index (χ4n) is 1.61. The molecular formula is C13H19BrFN. The van der Waals surface area contributed by atoms with Crippen molar-refractivity contribution < 1.29 is 4.39 Å². The van der Waals surface area contributed by atoms with Gasteiger partial charge in [-0.25, -0.2) is 4.39 Å². The highest BCUT2D eigenvalue weighted by atomic mass is 79.9. The first-order valence-corrected chi connectivity index (χ1v) is 6.64. The summed E-state index contributed by atoms with van der Waals surface area (Å²) in [4.78, 5) is 0. The van der Waals surface area contributed by atoms with Gasteiger partial charge < -0.3 is 5.32 Å². The smallest absolute Gasteiger partial charge is 0.139 e. The third-order valence-corrected chi connectivity index (χ3v) is 3.22. The predicted octanol–water partition coefficient (Wildman–Crippen LogP) is 4.89. The largest absolute Gasteiger partial charge is 0.385 e. The maximum absolute atomic E-state index is 13.3. The van der Waals surface area contributed by atoms with Crippen molar-refractivity contribution in [2.45, 2.75) is 39.5 Å². The zero-order valence-corrected chi connectivity index (χ0v) is 11.5. The maximum Gasteiger partial charge on any atom is 0.139 e. The molecule has 0 aliphatic carbocycles. The van der Waals surface area contributed by atoms with Crippen LogP contribution in [0.2, 0.25) is 0 Å². The van der Waals surface area contributed by atoms with Crippen molar-refractivity contribution in [3.05, 3.63) is 28.0 Å². The molecule has 0 aliphatic rings. The van der Waals surface area contributed by atoms with Gasteiger partial charge in [-0.2, -0.15) is 0 Å². The molecule has 3 heteroatoms. The zero-order valence-electron chi connectivity index (χ0n) is 9.95. The topological polar surface area (TPSA) is 12.0 Å². The summed E-state index contributed by atoms with van der Waals surface area (Å²) in [5.41, 5.74) is 1.97. The van der Waals surface area contributed by atoms with Crippen molar-refractivity contribution in [3.63, 3.8) is 0 Å². The van der Waals surface area contributed by atoms with Crippen LogP contribution in [-0.4, -0.2) is 6.54 Å². The van der Waals surface area contributed by atoms with E-state index in [-0.39, 0.29) is 5.82 Å². The Kier molecular flexibility index (Phi) is 5.81. The van der Waals surface area contributed by atoms with Crippen molar-refractivity contribution in [2.24, 2.45) is 0 Å². The van der Waals surface area contributed by atoms with Gasteiger partial charge in [0.05, 0.1) is 4.47 Å². The number of rotatable bonds is 6. The first-order valence-electron chi connectivity index (χ1n) is 5.84. The van der Waals surface area contributed by atoms with Crippen molar-refractivity contribution in [1.82, 2.24) is 0 Å². The molecule has 0 radical (unpaired) electrons. The van der Waals surface area contributed by atoms with Gasteiger partial charge in [-0.1, -0.05) is 26.2 Å². The summed E-state index contributed by atoms with van der Waals surface area (Å²) in [6.45, 7) is 5.10. The number of halogens is 2. The van der Waals surface area contributed by atoms with Gasteiger partial charge in [-0.3, -0.25) is 0 Å².